The number of aliphatic carboxylic acids is 2. The standard InChI is InChI=1S/C20H34O7/c1-2-3-6-9-15(21)12-13-17(22)16(18(23)14-20(26)27)10-7-4-5-8-11-19(24)25/h4,7,12-13,15-18,21-23H,2-3,5-6,8-11,14H2,1H3,(H,24,25)(H,26,27)/b7-4-,13-12+/t15-,16-,17+,18+/m1/s1. The zero-order chi connectivity index (χ0) is 20.7. The van der Waals surface area contributed by atoms with Crippen LogP contribution in [0.4, 0.5) is 0 Å². The molecule has 0 saturated carbocycles. The molecular weight excluding hydrogens is 352 g/mol. The van der Waals surface area contributed by atoms with Gasteiger partial charge in [-0.05, 0) is 25.7 Å². The van der Waals surface area contributed by atoms with Crippen LogP contribution < -0.4 is 0 Å². The van der Waals surface area contributed by atoms with Crippen LogP contribution in [-0.2, 0) is 9.59 Å². The summed E-state index contributed by atoms with van der Waals surface area (Å²) >= 11 is 0. The van der Waals surface area contributed by atoms with Crippen molar-refractivity contribution in [1.29, 1.82) is 0 Å². The maximum absolute atomic E-state index is 10.9. The molecule has 0 aliphatic heterocycles. The number of carboxylic acids is 2. The summed E-state index contributed by atoms with van der Waals surface area (Å²) in [6.07, 6.45) is 7.75. The lowest BCUT2D eigenvalue weighted by atomic mass is 9.89. The van der Waals surface area contributed by atoms with Crippen LogP contribution in [0.5, 0.6) is 0 Å². The summed E-state index contributed by atoms with van der Waals surface area (Å²) in [6, 6.07) is 0. The maximum atomic E-state index is 10.9. The molecule has 0 aliphatic rings. The number of rotatable bonds is 16. The van der Waals surface area contributed by atoms with Gasteiger partial charge in [-0.2, -0.15) is 0 Å². The third-order valence-corrected chi connectivity index (χ3v) is 4.29. The SMILES string of the molecule is CCCCC[C@@H](O)/C=C/[C@H](O)[C@@H](C/C=C\CCCC(=O)O)[C@@H](O)CC(=O)O. The van der Waals surface area contributed by atoms with E-state index in [0.29, 0.717) is 19.3 Å². The van der Waals surface area contributed by atoms with Crippen LogP contribution >= 0.6 is 0 Å². The minimum Gasteiger partial charge on any atom is -0.481 e. The first-order valence-electron chi connectivity index (χ1n) is 9.59. The number of carbonyl (C=O) groups is 2. The summed E-state index contributed by atoms with van der Waals surface area (Å²) < 4.78 is 0. The van der Waals surface area contributed by atoms with Crippen LogP contribution in [0.3, 0.4) is 0 Å². The molecule has 0 rings (SSSR count). The molecule has 0 aliphatic carbocycles. The van der Waals surface area contributed by atoms with Crippen LogP contribution in [-0.4, -0.2) is 55.8 Å². The minimum atomic E-state index is -1.23. The first-order chi connectivity index (χ1) is 12.8. The van der Waals surface area contributed by atoms with E-state index in [1.807, 2.05) is 0 Å². The normalized spacial score (nSPS) is 16.4. The van der Waals surface area contributed by atoms with E-state index in [2.05, 4.69) is 6.92 Å². The van der Waals surface area contributed by atoms with E-state index in [1.165, 1.54) is 12.2 Å². The van der Waals surface area contributed by atoms with Crippen LogP contribution in [0.15, 0.2) is 24.3 Å². The highest BCUT2D eigenvalue weighted by Crippen LogP contribution is 2.20. The van der Waals surface area contributed by atoms with Gasteiger partial charge in [-0.1, -0.05) is 50.5 Å². The average Bonchev–Trinajstić information content (AvgIpc) is 2.58. The Labute approximate surface area is 161 Å². The van der Waals surface area contributed by atoms with Crippen molar-refractivity contribution in [2.75, 3.05) is 0 Å². The molecular formula is C20H34O7. The summed E-state index contributed by atoms with van der Waals surface area (Å²) in [7, 11) is 0. The lowest BCUT2D eigenvalue weighted by Crippen LogP contribution is -2.32. The van der Waals surface area contributed by atoms with Gasteiger partial charge < -0.3 is 25.5 Å². The molecule has 156 valence electrons. The van der Waals surface area contributed by atoms with Gasteiger partial charge in [-0.3, -0.25) is 9.59 Å². The van der Waals surface area contributed by atoms with Crippen molar-refractivity contribution >= 4 is 11.9 Å². The molecule has 0 saturated heterocycles. The van der Waals surface area contributed by atoms with E-state index >= 15 is 0 Å². The second-order valence-electron chi connectivity index (χ2n) is 6.76. The first-order valence-corrected chi connectivity index (χ1v) is 9.59. The fourth-order valence-electron chi connectivity index (χ4n) is 2.68. The molecule has 0 bridgehead atoms. The highest BCUT2D eigenvalue weighted by Gasteiger charge is 2.26. The number of hydrogen-bond acceptors (Lipinski definition) is 5. The van der Waals surface area contributed by atoms with E-state index in [9.17, 15) is 24.9 Å². The Morgan fingerprint density at radius 2 is 1.63 bits per heavy atom. The van der Waals surface area contributed by atoms with Crippen molar-refractivity contribution in [1.82, 2.24) is 0 Å². The van der Waals surface area contributed by atoms with Gasteiger partial charge in [0, 0.05) is 12.3 Å². The predicted molar refractivity (Wildman–Crippen MR) is 102 cm³/mol. The second kappa shape index (κ2) is 15.4. The van der Waals surface area contributed by atoms with Gasteiger partial charge in [0.1, 0.15) is 0 Å². The Hall–Kier alpha value is -1.70. The van der Waals surface area contributed by atoms with E-state index in [4.69, 9.17) is 10.2 Å². The van der Waals surface area contributed by atoms with Crippen molar-refractivity contribution in [3.8, 4) is 0 Å². The van der Waals surface area contributed by atoms with Gasteiger partial charge in [0.05, 0.1) is 24.7 Å². The third-order valence-electron chi connectivity index (χ3n) is 4.29. The van der Waals surface area contributed by atoms with Gasteiger partial charge in [0.2, 0.25) is 0 Å². The zero-order valence-corrected chi connectivity index (χ0v) is 16.0. The molecule has 5 N–H and O–H groups in total. The van der Waals surface area contributed by atoms with Gasteiger partial charge in [-0.25, -0.2) is 0 Å². The molecule has 4 atom stereocenters. The summed E-state index contributed by atoms with van der Waals surface area (Å²) in [5, 5.41) is 47.8. The van der Waals surface area contributed by atoms with Crippen LogP contribution in [0.25, 0.3) is 0 Å². The highest BCUT2D eigenvalue weighted by molar-refractivity contribution is 5.67. The minimum absolute atomic E-state index is 0.0662. The van der Waals surface area contributed by atoms with E-state index in [0.717, 1.165) is 19.3 Å². The number of hydrogen-bond donors (Lipinski definition) is 5. The number of aliphatic hydroxyl groups excluding tert-OH is 3. The predicted octanol–water partition coefficient (Wildman–Crippen LogP) is 2.50. The van der Waals surface area contributed by atoms with E-state index in [-0.39, 0.29) is 12.8 Å². The molecule has 0 aromatic heterocycles. The average molecular weight is 386 g/mol. The number of carboxylic acid groups (broad SMARTS) is 2. The molecule has 0 aromatic carbocycles. The molecule has 27 heavy (non-hydrogen) atoms. The summed E-state index contributed by atoms with van der Waals surface area (Å²) in [6.45, 7) is 2.07. The first kappa shape index (κ1) is 25.3. The Balaban J connectivity index is 4.69. The van der Waals surface area contributed by atoms with Crippen molar-refractivity contribution in [3.63, 3.8) is 0 Å². The number of aliphatic hydroxyl groups is 3. The zero-order valence-electron chi connectivity index (χ0n) is 16.0. The van der Waals surface area contributed by atoms with Crippen LogP contribution in [0, 0.1) is 5.92 Å². The van der Waals surface area contributed by atoms with Gasteiger partial charge in [-0.15, -0.1) is 0 Å². The molecule has 0 spiro atoms. The number of allylic oxidation sites excluding steroid dienone is 2. The van der Waals surface area contributed by atoms with Crippen molar-refractivity contribution < 1.29 is 35.1 Å². The summed E-state index contributed by atoms with van der Waals surface area (Å²) in [5.74, 6) is -2.75. The molecule has 0 fully saturated rings. The van der Waals surface area contributed by atoms with Gasteiger partial charge >= 0.3 is 11.9 Å². The highest BCUT2D eigenvalue weighted by atomic mass is 16.4. The topological polar surface area (TPSA) is 135 Å². The quantitative estimate of drug-likeness (QED) is 0.203. The van der Waals surface area contributed by atoms with Crippen molar-refractivity contribution in [3.05, 3.63) is 24.3 Å². The lowest BCUT2D eigenvalue weighted by molar-refractivity contribution is -0.140. The van der Waals surface area contributed by atoms with Crippen LogP contribution in [0.2, 0.25) is 0 Å². The van der Waals surface area contributed by atoms with E-state index < -0.39 is 42.6 Å². The summed E-state index contributed by atoms with van der Waals surface area (Å²) in [5.41, 5.74) is 0. The molecule has 0 radical (unpaired) electrons. The fraction of sp³-hybridized carbons (Fsp3) is 0.700. The Morgan fingerprint density at radius 3 is 2.22 bits per heavy atom. The molecule has 0 heterocycles. The molecule has 0 aromatic rings. The molecule has 7 nitrogen and oxygen atoms in total. The molecule has 7 heteroatoms. The Morgan fingerprint density at radius 1 is 0.926 bits per heavy atom. The van der Waals surface area contributed by atoms with E-state index in [1.54, 1.807) is 12.2 Å². The summed E-state index contributed by atoms with van der Waals surface area (Å²) in [4.78, 5) is 21.3. The maximum Gasteiger partial charge on any atom is 0.305 e. The van der Waals surface area contributed by atoms with Gasteiger partial charge in [0.25, 0.3) is 0 Å². The monoisotopic (exact) mass is 386 g/mol. The van der Waals surface area contributed by atoms with Gasteiger partial charge in [0.15, 0.2) is 0 Å². The number of unbranched alkanes of at least 4 members (excludes halogenated alkanes) is 3. The smallest absolute Gasteiger partial charge is 0.305 e. The molecule has 0 unspecified atom stereocenters. The van der Waals surface area contributed by atoms with Crippen molar-refractivity contribution in [2.45, 2.75) is 83.0 Å². The second-order valence-corrected chi connectivity index (χ2v) is 6.76. The fourth-order valence-corrected chi connectivity index (χ4v) is 2.68. The Kier molecular flexibility index (Phi) is 14.4. The largest absolute Gasteiger partial charge is 0.481 e. The van der Waals surface area contributed by atoms with Crippen LogP contribution in [0.1, 0.15) is 64.7 Å². The third kappa shape index (κ3) is 14.1. The lowest BCUT2D eigenvalue weighted by Gasteiger charge is -2.24. The molecule has 0 amide bonds. The Bertz CT molecular complexity index is 473. The van der Waals surface area contributed by atoms with Crippen molar-refractivity contribution in [2.24, 2.45) is 5.92 Å².